The first-order chi connectivity index (χ1) is 20.9. The van der Waals surface area contributed by atoms with Crippen LogP contribution in [-0.2, 0) is 11.3 Å². The van der Waals surface area contributed by atoms with Crippen molar-refractivity contribution in [3.8, 4) is 11.5 Å². The van der Waals surface area contributed by atoms with E-state index in [1.54, 1.807) is 37.4 Å². The normalized spacial score (nSPS) is 12.8. The molecule has 1 fully saturated rings. The van der Waals surface area contributed by atoms with E-state index < -0.39 is 6.03 Å². The summed E-state index contributed by atoms with van der Waals surface area (Å²) in [4.78, 5) is 23.4. The topological polar surface area (TPSA) is 122 Å². The van der Waals surface area contributed by atoms with E-state index in [-0.39, 0.29) is 18.3 Å². The summed E-state index contributed by atoms with van der Waals surface area (Å²) in [6.45, 7) is 3.11. The first kappa shape index (κ1) is 29.7. The zero-order valence-corrected chi connectivity index (χ0v) is 24.4. The number of carbonyl (C=O) groups is 1. The van der Waals surface area contributed by atoms with Crippen LogP contribution in [0.3, 0.4) is 0 Å². The molecule has 0 saturated carbocycles. The molecular weight excluding hydrogens is 577 g/mol. The number of ether oxygens (including phenoxy) is 3. The summed E-state index contributed by atoms with van der Waals surface area (Å²) < 4.78 is 30.0. The lowest BCUT2D eigenvalue weighted by Crippen LogP contribution is -2.36. The molecule has 2 amide bonds. The maximum absolute atomic E-state index is 13.4. The highest BCUT2D eigenvalue weighted by molar-refractivity contribution is 6.32. The second-order valence-electron chi connectivity index (χ2n) is 9.48. The Kier molecular flexibility index (Phi) is 9.59. The summed E-state index contributed by atoms with van der Waals surface area (Å²) in [5.74, 6) is 1.47. The molecule has 13 heteroatoms. The van der Waals surface area contributed by atoms with E-state index in [4.69, 9.17) is 25.8 Å². The molecule has 0 atom stereocenters. The highest BCUT2D eigenvalue weighted by Gasteiger charge is 2.17. The van der Waals surface area contributed by atoms with Crippen molar-refractivity contribution in [3.63, 3.8) is 0 Å². The van der Waals surface area contributed by atoms with E-state index in [9.17, 15) is 9.18 Å². The van der Waals surface area contributed by atoms with Crippen LogP contribution in [0.1, 0.15) is 5.56 Å². The number of carbonyl (C=O) groups excluding carboxylic acids is 1. The van der Waals surface area contributed by atoms with Gasteiger partial charge in [0.25, 0.3) is 0 Å². The summed E-state index contributed by atoms with van der Waals surface area (Å²) in [5.41, 5.74) is 3.44. The fourth-order valence-electron chi connectivity index (χ4n) is 4.47. The predicted octanol–water partition coefficient (Wildman–Crippen LogP) is 5.93. The smallest absolute Gasteiger partial charge is 0.319 e. The average molecular weight is 608 g/mol. The highest BCUT2D eigenvalue weighted by atomic mass is 35.5. The zero-order chi connectivity index (χ0) is 30.2. The molecule has 1 aliphatic heterocycles. The van der Waals surface area contributed by atoms with Crippen molar-refractivity contribution < 1.29 is 23.4 Å². The maximum atomic E-state index is 13.4. The summed E-state index contributed by atoms with van der Waals surface area (Å²) in [7, 11) is 3.15. The predicted molar refractivity (Wildman–Crippen MR) is 165 cm³/mol. The summed E-state index contributed by atoms with van der Waals surface area (Å²) in [6, 6.07) is 16.5. The molecule has 11 nitrogen and oxygen atoms in total. The number of hydrogen-bond acceptors (Lipinski definition) is 9. The molecule has 0 radical (unpaired) electrons. The van der Waals surface area contributed by atoms with Crippen LogP contribution in [0.2, 0.25) is 5.02 Å². The fraction of sp³-hybridized carbons (Fsp3) is 0.233. The van der Waals surface area contributed by atoms with Gasteiger partial charge in [0.2, 0.25) is 5.95 Å². The molecule has 2 heterocycles. The lowest BCUT2D eigenvalue weighted by Gasteiger charge is -2.30. The van der Waals surface area contributed by atoms with Gasteiger partial charge in [-0.15, -0.1) is 0 Å². The van der Waals surface area contributed by atoms with Gasteiger partial charge in [0.05, 0.1) is 45.0 Å². The van der Waals surface area contributed by atoms with E-state index in [0.29, 0.717) is 46.7 Å². The fourth-order valence-corrected chi connectivity index (χ4v) is 4.61. The number of morpholine rings is 1. The van der Waals surface area contributed by atoms with E-state index in [0.717, 1.165) is 30.2 Å². The van der Waals surface area contributed by atoms with E-state index in [1.165, 1.54) is 25.4 Å². The minimum Gasteiger partial charge on any atom is -0.495 e. The van der Waals surface area contributed by atoms with Crippen LogP contribution in [0.4, 0.5) is 43.7 Å². The molecule has 4 aromatic rings. The van der Waals surface area contributed by atoms with E-state index >= 15 is 0 Å². The van der Waals surface area contributed by atoms with Crippen molar-refractivity contribution in [2.45, 2.75) is 6.54 Å². The van der Waals surface area contributed by atoms with Gasteiger partial charge in [-0.05, 0) is 42.0 Å². The number of amides is 2. The number of methoxy groups -OCH3 is 2. The van der Waals surface area contributed by atoms with E-state index in [1.807, 2.05) is 18.2 Å². The number of urea groups is 1. The average Bonchev–Trinajstić information content (AvgIpc) is 3.02. The molecule has 4 N–H and O–H groups in total. The number of hydrogen-bond donors (Lipinski definition) is 4. The Bertz CT molecular complexity index is 1590. The van der Waals surface area contributed by atoms with Gasteiger partial charge >= 0.3 is 6.03 Å². The lowest BCUT2D eigenvalue weighted by atomic mass is 10.2. The Balaban J connectivity index is 1.25. The van der Waals surface area contributed by atoms with Crippen LogP contribution in [0.5, 0.6) is 11.5 Å². The quantitative estimate of drug-likeness (QED) is 0.174. The number of nitrogens with zero attached hydrogens (tertiary/aromatic N) is 3. The van der Waals surface area contributed by atoms with Crippen molar-refractivity contribution in [2.24, 2.45) is 0 Å². The van der Waals surface area contributed by atoms with Crippen LogP contribution in [0.15, 0.2) is 66.9 Å². The summed E-state index contributed by atoms with van der Waals surface area (Å²) in [6.07, 6.45) is 1.49. The van der Waals surface area contributed by atoms with Gasteiger partial charge < -0.3 is 40.4 Å². The van der Waals surface area contributed by atoms with Gasteiger partial charge in [-0.1, -0.05) is 23.7 Å². The molecule has 0 spiro atoms. The first-order valence-corrected chi connectivity index (χ1v) is 13.8. The highest BCUT2D eigenvalue weighted by Crippen LogP contribution is 2.35. The molecule has 0 aliphatic carbocycles. The van der Waals surface area contributed by atoms with Gasteiger partial charge in [0.15, 0.2) is 5.82 Å². The second-order valence-corrected chi connectivity index (χ2v) is 9.89. The number of rotatable bonds is 10. The summed E-state index contributed by atoms with van der Waals surface area (Å²) in [5, 5.41) is 12.1. The summed E-state index contributed by atoms with van der Waals surface area (Å²) >= 11 is 6.42. The first-order valence-electron chi connectivity index (χ1n) is 13.5. The molecular formula is C30H31ClFN7O4. The maximum Gasteiger partial charge on any atom is 0.319 e. The van der Waals surface area contributed by atoms with Crippen LogP contribution >= 0.6 is 11.6 Å². The standard InChI is InChI=1S/C30H31ClFN7O4/c1-41-26-15-22(36-30(40)34-17-19-4-3-5-20(32)14-19)6-8-24(26)37-29-33-18-23(31)28(38-29)35-21-7-9-25(27(16-21)42-2)39-10-12-43-13-11-39/h3-9,14-16,18H,10-13,17H2,1-2H3,(H2,34,36,40)(H2,33,35,37,38). The molecule has 224 valence electrons. The number of halogens is 2. The largest absolute Gasteiger partial charge is 0.495 e. The minimum absolute atomic E-state index is 0.176. The van der Waals surface area contributed by atoms with Crippen LogP contribution in [0, 0.1) is 5.82 Å². The molecule has 1 saturated heterocycles. The Labute approximate surface area is 253 Å². The second kappa shape index (κ2) is 13.9. The third kappa shape index (κ3) is 7.73. The van der Waals surface area contributed by atoms with Crippen molar-refractivity contribution >= 4 is 52.1 Å². The molecule has 1 aromatic heterocycles. The Morgan fingerprint density at radius 1 is 1.00 bits per heavy atom. The number of benzene rings is 3. The number of aromatic nitrogens is 2. The van der Waals surface area contributed by atoms with E-state index in [2.05, 4.69) is 36.1 Å². The Hall–Kier alpha value is -4.81. The molecule has 0 bridgehead atoms. The molecule has 1 aliphatic rings. The van der Waals surface area contributed by atoms with Gasteiger partial charge in [-0.2, -0.15) is 4.98 Å². The van der Waals surface area contributed by atoms with Crippen molar-refractivity contribution in [2.75, 3.05) is 61.4 Å². The van der Waals surface area contributed by atoms with Crippen molar-refractivity contribution in [3.05, 3.63) is 83.3 Å². The lowest BCUT2D eigenvalue weighted by molar-refractivity contribution is 0.122. The third-order valence-corrected chi connectivity index (χ3v) is 6.86. The zero-order valence-electron chi connectivity index (χ0n) is 23.6. The van der Waals surface area contributed by atoms with Crippen LogP contribution < -0.4 is 35.6 Å². The third-order valence-electron chi connectivity index (χ3n) is 6.59. The molecule has 0 unspecified atom stereocenters. The Morgan fingerprint density at radius 3 is 2.53 bits per heavy atom. The van der Waals surface area contributed by atoms with Crippen LogP contribution in [-0.4, -0.2) is 56.5 Å². The minimum atomic E-state index is -0.446. The molecule has 43 heavy (non-hydrogen) atoms. The Morgan fingerprint density at radius 2 is 1.77 bits per heavy atom. The van der Waals surface area contributed by atoms with Gasteiger partial charge in [-0.25, -0.2) is 14.2 Å². The number of nitrogens with one attached hydrogen (secondary N) is 4. The van der Waals surface area contributed by atoms with Crippen LogP contribution in [0.25, 0.3) is 0 Å². The number of anilines is 6. The SMILES string of the molecule is COc1cc(NC(=O)NCc2cccc(F)c2)ccc1Nc1ncc(Cl)c(Nc2ccc(N3CCOCC3)c(OC)c2)n1. The van der Waals surface area contributed by atoms with Gasteiger partial charge in [0, 0.05) is 43.1 Å². The monoisotopic (exact) mass is 607 g/mol. The molecule has 5 rings (SSSR count). The van der Waals surface area contributed by atoms with Crippen molar-refractivity contribution in [1.82, 2.24) is 15.3 Å². The van der Waals surface area contributed by atoms with Crippen molar-refractivity contribution in [1.29, 1.82) is 0 Å². The van der Waals surface area contributed by atoms with Gasteiger partial charge in [-0.3, -0.25) is 0 Å². The molecule has 3 aromatic carbocycles. The van der Waals surface area contributed by atoms with Gasteiger partial charge in [0.1, 0.15) is 22.3 Å².